The molecule has 0 fully saturated rings. The second-order valence-electron chi connectivity index (χ2n) is 6.35. The summed E-state index contributed by atoms with van der Waals surface area (Å²) >= 11 is 0. The average Bonchev–Trinajstić information content (AvgIpc) is 3.07. The Morgan fingerprint density at radius 1 is 0.828 bits per heavy atom. The standard InChI is InChI=1S/C22H22N2O5/c1-13-10-16(14(2)29-13)22(26)24-18-12-19(27-3)17(11-20(18)28-4)23-21(25)15-8-6-5-7-9-15/h5-12H,1-4H3,(H,23,25)(H,24,26). The molecule has 0 spiro atoms. The van der Waals surface area contributed by atoms with Crippen LogP contribution in [-0.4, -0.2) is 26.0 Å². The first kappa shape index (κ1) is 20.0. The quantitative estimate of drug-likeness (QED) is 0.646. The minimum atomic E-state index is -0.333. The van der Waals surface area contributed by atoms with Crippen molar-refractivity contribution in [1.29, 1.82) is 0 Å². The molecule has 1 heterocycles. The van der Waals surface area contributed by atoms with Crippen molar-refractivity contribution in [3.63, 3.8) is 0 Å². The lowest BCUT2D eigenvalue weighted by Crippen LogP contribution is -2.15. The highest BCUT2D eigenvalue weighted by atomic mass is 16.5. The third-order valence-electron chi connectivity index (χ3n) is 4.34. The van der Waals surface area contributed by atoms with E-state index in [1.54, 1.807) is 56.3 Å². The van der Waals surface area contributed by atoms with Crippen LogP contribution in [0.1, 0.15) is 32.2 Å². The molecule has 1 aromatic heterocycles. The third kappa shape index (κ3) is 4.40. The number of furan rings is 1. The van der Waals surface area contributed by atoms with Crippen molar-refractivity contribution < 1.29 is 23.5 Å². The Kier molecular flexibility index (Phi) is 5.87. The lowest BCUT2D eigenvalue weighted by molar-refractivity contribution is 0.101. The molecular weight excluding hydrogens is 372 g/mol. The molecule has 0 atom stereocenters. The van der Waals surface area contributed by atoms with Crippen LogP contribution in [0.25, 0.3) is 0 Å². The van der Waals surface area contributed by atoms with E-state index in [-0.39, 0.29) is 11.8 Å². The maximum atomic E-state index is 12.6. The van der Waals surface area contributed by atoms with Gasteiger partial charge in [0, 0.05) is 17.7 Å². The number of rotatable bonds is 6. The molecule has 0 bridgehead atoms. The van der Waals surface area contributed by atoms with Crippen molar-refractivity contribution in [2.45, 2.75) is 13.8 Å². The summed E-state index contributed by atoms with van der Waals surface area (Å²) in [7, 11) is 2.96. The number of amides is 2. The summed E-state index contributed by atoms with van der Waals surface area (Å²) in [5.41, 5.74) is 1.78. The maximum absolute atomic E-state index is 12.6. The zero-order valence-electron chi connectivity index (χ0n) is 16.7. The van der Waals surface area contributed by atoms with Crippen LogP contribution < -0.4 is 20.1 Å². The Balaban J connectivity index is 1.89. The van der Waals surface area contributed by atoms with Gasteiger partial charge in [-0.2, -0.15) is 0 Å². The molecule has 0 aliphatic rings. The molecule has 2 N–H and O–H groups in total. The summed E-state index contributed by atoms with van der Waals surface area (Å²) in [4.78, 5) is 25.1. The molecule has 3 rings (SSSR count). The maximum Gasteiger partial charge on any atom is 0.259 e. The Labute approximate surface area is 168 Å². The Hall–Kier alpha value is -3.74. The van der Waals surface area contributed by atoms with Gasteiger partial charge < -0.3 is 24.5 Å². The highest BCUT2D eigenvalue weighted by Gasteiger charge is 2.19. The van der Waals surface area contributed by atoms with E-state index in [9.17, 15) is 9.59 Å². The predicted molar refractivity (Wildman–Crippen MR) is 110 cm³/mol. The van der Waals surface area contributed by atoms with Crippen molar-refractivity contribution in [3.05, 3.63) is 71.2 Å². The summed E-state index contributed by atoms with van der Waals surface area (Å²) < 4.78 is 16.2. The highest BCUT2D eigenvalue weighted by Crippen LogP contribution is 2.37. The summed E-state index contributed by atoms with van der Waals surface area (Å²) in [5, 5.41) is 5.61. The topological polar surface area (TPSA) is 89.8 Å². The molecule has 2 aromatic carbocycles. The van der Waals surface area contributed by atoms with Crippen LogP contribution in [0.5, 0.6) is 11.5 Å². The average molecular weight is 394 g/mol. The van der Waals surface area contributed by atoms with Gasteiger partial charge in [-0.05, 0) is 32.0 Å². The van der Waals surface area contributed by atoms with Crippen LogP contribution in [0.3, 0.4) is 0 Å². The summed E-state index contributed by atoms with van der Waals surface area (Å²) in [6.45, 7) is 3.50. The number of carbonyl (C=O) groups is 2. The molecule has 0 saturated heterocycles. The Morgan fingerprint density at radius 3 is 1.86 bits per heavy atom. The van der Waals surface area contributed by atoms with Crippen molar-refractivity contribution in [1.82, 2.24) is 0 Å². The number of hydrogen-bond donors (Lipinski definition) is 2. The second kappa shape index (κ2) is 8.52. The second-order valence-corrected chi connectivity index (χ2v) is 6.35. The predicted octanol–water partition coefficient (Wildman–Crippen LogP) is 4.42. The first-order valence-electron chi connectivity index (χ1n) is 8.93. The van der Waals surface area contributed by atoms with Crippen LogP contribution in [-0.2, 0) is 0 Å². The lowest BCUT2D eigenvalue weighted by Gasteiger charge is -2.16. The molecule has 7 nitrogen and oxygen atoms in total. The van der Waals surface area contributed by atoms with E-state index in [2.05, 4.69) is 10.6 Å². The van der Waals surface area contributed by atoms with E-state index < -0.39 is 0 Å². The van der Waals surface area contributed by atoms with Crippen molar-refractivity contribution in [2.75, 3.05) is 24.9 Å². The zero-order chi connectivity index (χ0) is 21.0. The third-order valence-corrected chi connectivity index (χ3v) is 4.34. The van der Waals surface area contributed by atoms with Crippen LogP contribution in [0, 0.1) is 13.8 Å². The van der Waals surface area contributed by atoms with Crippen molar-refractivity contribution >= 4 is 23.2 Å². The molecule has 3 aromatic rings. The molecule has 0 aliphatic carbocycles. The summed E-state index contributed by atoms with van der Waals surface area (Å²) in [6.07, 6.45) is 0. The van der Waals surface area contributed by atoms with E-state index in [1.807, 2.05) is 6.07 Å². The van der Waals surface area contributed by atoms with Crippen molar-refractivity contribution in [3.8, 4) is 11.5 Å². The highest BCUT2D eigenvalue weighted by molar-refractivity contribution is 6.07. The minimum Gasteiger partial charge on any atom is -0.494 e. The first-order valence-corrected chi connectivity index (χ1v) is 8.93. The Bertz CT molecular complexity index is 1040. The normalized spacial score (nSPS) is 10.3. The van der Waals surface area contributed by atoms with Gasteiger partial charge in [0.15, 0.2) is 0 Å². The molecule has 2 amide bonds. The van der Waals surface area contributed by atoms with E-state index in [0.29, 0.717) is 45.5 Å². The zero-order valence-corrected chi connectivity index (χ0v) is 16.7. The van der Waals surface area contributed by atoms with Gasteiger partial charge in [0.25, 0.3) is 11.8 Å². The number of ether oxygens (including phenoxy) is 2. The van der Waals surface area contributed by atoms with Gasteiger partial charge in [0.1, 0.15) is 23.0 Å². The molecule has 0 unspecified atom stereocenters. The van der Waals surface area contributed by atoms with Gasteiger partial charge in [-0.25, -0.2) is 0 Å². The fourth-order valence-corrected chi connectivity index (χ4v) is 2.92. The molecule has 0 aliphatic heterocycles. The van der Waals surface area contributed by atoms with Gasteiger partial charge >= 0.3 is 0 Å². The van der Waals surface area contributed by atoms with Crippen LogP contribution in [0.2, 0.25) is 0 Å². The largest absolute Gasteiger partial charge is 0.494 e. The number of aryl methyl sites for hydroxylation is 2. The van der Waals surface area contributed by atoms with E-state index in [1.165, 1.54) is 14.2 Å². The molecule has 0 radical (unpaired) electrons. The smallest absolute Gasteiger partial charge is 0.259 e. The van der Waals surface area contributed by atoms with E-state index in [4.69, 9.17) is 13.9 Å². The number of benzene rings is 2. The molecule has 0 saturated carbocycles. The van der Waals surface area contributed by atoms with Gasteiger partial charge in [0.05, 0.1) is 31.2 Å². The first-order chi connectivity index (χ1) is 13.9. The monoisotopic (exact) mass is 394 g/mol. The number of hydrogen-bond acceptors (Lipinski definition) is 5. The van der Waals surface area contributed by atoms with Gasteiger partial charge in [-0.1, -0.05) is 18.2 Å². The number of methoxy groups -OCH3 is 2. The van der Waals surface area contributed by atoms with Gasteiger partial charge in [-0.3, -0.25) is 9.59 Å². The molecule has 29 heavy (non-hydrogen) atoms. The van der Waals surface area contributed by atoms with Gasteiger partial charge in [-0.15, -0.1) is 0 Å². The van der Waals surface area contributed by atoms with E-state index >= 15 is 0 Å². The molecule has 7 heteroatoms. The van der Waals surface area contributed by atoms with E-state index in [0.717, 1.165) is 0 Å². The Morgan fingerprint density at radius 2 is 1.38 bits per heavy atom. The fourth-order valence-electron chi connectivity index (χ4n) is 2.92. The number of carbonyl (C=O) groups excluding carboxylic acids is 2. The van der Waals surface area contributed by atoms with Crippen molar-refractivity contribution in [2.24, 2.45) is 0 Å². The summed E-state index contributed by atoms with van der Waals surface area (Å²) in [5.74, 6) is 1.31. The SMILES string of the molecule is COc1cc(NC(=O)c2cc(C)oc2C)c(OC)cc1NC(=O)c1ccccc1. The van der Waals surface area contributed by atoms with Crippen LogP contribution >= 0.6 is 0 Å². The van der Waals surface area contributed by atoms with Crippen LogP contribution in [0.15, 0.2) is 52.9 Å². The molecular formula is C22H22N2O5. The minimum absolute atomic E-state index is 0.285. The molecule has 150 valence electrons. The van der Waals surface area contributed by atoms with Crippen LogP contribution in [0.4, 0.5) is 11.4 Å². The number of anilines is 2. The summed E-state index contributed by atoms with van der Waals surface area (Å²) in [6, 6.07) is 13.7. The lowest BCUT2D eigenvalue weighted by atomic mass is 10.1. The van der Waals surface area contributed by atoms with Gasteiger partial charge in [0.2, 0.25) is 0 Å². The number of nitrogens with one attached hydrogen (secondary N) is 2. The fraction of sp³-hybridized carbons (Fsp3) is 0.182.